The maximum absolute atomic E-state index is 13.0. The lowest BCUT2D eigenvalue weighted by atomic mass is 10.1. The number of aliphatic hydroxyl groups is 1. The smallest absolute Gasteiger partial charge is 0.141 e. The first-order valence-corrected chi connectivity index (χ1v) is 7.31. The molecule has 2 rings (SSSR count). The predicted octanol–water partition coefficient (Wildman–Crippen LogP) is 4.06. The summed E-state index contributed by atoms with van der Waals surface area (Å²) in [6.07, 6.45) is -0.594. The summed E-state index contributed by atoms with van der Waals surface area (Å²) in [6.45, 7) is 0.927. The molecule has 20 heavy (non-hydrogen) atoms. The fourth-order valence-corrected chi connectivity index (χ4v) is 2.45. The van der Waals surface area contributed by atoms with E-state index in [0.29, 0.717) is 13.1 Å². The Kier molecular flexibility index (Phi) is 5.54. The molecule has 1 atom stereocenters. The van der Waals surface area contributed by atoms with E-state index in [0.717, 1.165) is 15.6 Å². The Hall–Kier alpha value is -0.940. The number of aliphatic hydroxyl groups excluding tert-OH is 1. The van der Waals surface area contributed by atoms with Crippen LogP contribution in [0, 0.1) is 5.82 Å². The van der Waals surface area contributed by atoms with Gasteiger partial charge in [-0.15, -0.1) is 0 Å². The average Bonchev–Trinajstić information content (AvgIpc) is 2.42. The van der Waals surface area contributed by atoms with Crippen LogP contribution >= 0.6 is 27.5 Å². The minimum atomic E-state index is -0.594. The van der Waals surface area contributed by atoms with Crippen LogP contribution in [-0.4, -0.2) is 11.7 Å². The van der Waals surface area contributed by atoms with E-state index in [9.17, 15) is 9.50 Å². The molecule has 2 aromatic carbocycles. The normalized spacial score (nSPS) is 12.4. The monoisotopic (exact) mass is 357 g/mol. The molecule has 0 heterocycles. The van der Waals surface area contributed by atoms with E-state index in [4.69, 9.17) is 11.6 Å². The lowest BCUT2D eigenvalue weighted by Gasteiger charge is -2.13. The standard InChI is InChI=1S/C15H14BrClFNO/c16-12-3-1-2-11(7-12)15(20)9-19-8-10-4-5-14(18)13(17)6-10/h1-7,15,19-20H,8-9H2. The van der Waals surface area contributed by atoms with Crippen molar-refractivity contribution in [2.75, 3.05) is 6.54 Å². The van der Waals surface area contributed by atoms with Crippen molar-refractivity contribution in [3.05, 3.63) is 68.9 Å². The molecular weight excluding hydrogens is 345 g/mol. The summed E-state index contributed by atoms with van der Waals surface area (Å²) in [4.78, 5) is 0. The van der Waals surface area contributed by atoms with Gasteiger partial charge in [0.1, 0.15) is 5.82 Å². The number of hydrogen-bond donors (Lipinski definition) is 2. The van der Waals surface area contributed by atoms with E-state index in [-0.39, 0.29) is 5.02 Å². The molecule has 0 spiro atoms. The molecule has 0 saturated heterocycles. The van der Waals surface area contributed by atoms with Crippen LogP contribution in [0.3, 0.4) is 0 Å². The third kappa shape index (κ3) is 4.28. The van der Waals surface area contributed by atoms with Crippen LogP contribution < -0.4 is 5.32 Å². The van der Waals surface area contributed by atoms with Crippen LogP contribution in [0.15, 0.2) is 46.9 Å². The Morgan fingerprint density at radius 2 is 2.05 bits per heavy atom. The second-order valence-electron chi connectivity index (χ2n) is 4.45. The van der Waals surface area contributed by atoms with Crippen LogP contribution in [0.1, 0.15) is 17.2 Å². The van der Waals surface area contributed by atoms with Crippen molar-refractivity contribution in [1.82, 2.24) is 5.32 Å². The van der Waals surface area contributed by atoms with Crippen molar-refractivity contribution in [2.45, 2.75) is 12.6 Å². The molecule has 0 aromatic heterocycles. The Bertz CT molecular complexity index is 594. The van der Waals surface area contributed by atoms with Gasteiger partial charge in [0.05, 0.1) is 11.1 Å². The Morgan fingerprint density at radius 3 is 2.75 bits per heavy atom. The summed E-state index contributed by atoms with van der Waals surface area (Å²) >= 11 is 9.08. The molecule has 0 fully saturated rings. The molecule has 0 radical (unpaired) electrons. The summed E-state index contributed by atoms with van der Waals surface area (Å²) in [5.41, 5.74) is 1.71. The topological polar surface area (TPSA) is 32.3 Å². The predicted molar refractivity (Wildman–Crippen MR) is 82.2 cm³/mol. The SMILES string of the molecule is OC(CNCc1ccc(F)c(Cl)c1)c1cccc(Br)c1. The molecule has 0 bridgehead atoms. The Balaban J connectivity index is 1.87. The van der Waals surface area contributed by atoms with E-state index in [2.05, 4.69) is 21.2 Å². The third-order valence-corrected chi connectivity index (χ3v) is 3.67. The molecule has 0 saturated carbocycles. The minimum absolute atomic E-state index is 0.108. The van der Waals surface area contributed by atoms with Gasteiger partial charge >= 0.3 is 0 Å². The van der Waals surface area contributed by atoms with Crippen LogP contribution in [0.25, 0.3) is 0 Å². The number of benzene rings is 2. The van der Waals surface area contributed by atoms with E-state index in [1.54, 1.807) is 12.1 Å². The van der Waals surface area contributed by atoms with Crippen LogP contribution in [0.5, 0.6) is 0 Å². The first-order valence-electron chi connectivity index (χ1n) is 6.14. The molecule has 0 aliphatic carbocycles. The Morgan fingerprint density at radius 1 is 1.25 bits per heavy atom. The molecule has 106 valence electrons. The van der Waals surface area contributed by atoms with Gasteiger partial charge in [0, 0.05) is 17.6 Å². The van der Waals surface area contributed by atoms with Crippen LogP contribution in [0.2, 0.25) is 5.02 Å². The van der Waals surface area contributed by atoms with Crippen LogP contribution in [-0.2, 0) is 6.54 Å². The number of nitrogens with one attached hydrogen (secondary N) is 1. The number of halogens is 3. The fourth-order valence-electron chi connectivity index (χ4n) is 1.83. The molecule has 2 nitrogen and oxygen atoms in total. The van der Waals surface area contributed by atoms with E-state index in [1.165, 1.54) is 6.07 Å². The molecule has 1 unspecified atom stereocenters. The van der Waals surface area contributed by atoms with E-state index in [1.807, 2.05) is 24.3 Å². The maximum Gasteiger partial charge on any atom is 0.141 e. The van der Waals surface area contributed by atoms with Gasteiger partial charge in [-0.05, 0) is 35.4 Å². The van der Waals surface area contributed by atoms with Gasteiger partial charge in [0.25, 0.3) is 0 Å². The molecule has 0 aliphatic rings. The largest absolute Gasteiger partial charge is 0.387 e. The van der Waals surface area contributed by atoms with Gasteiger partial charge in [-0.1, -0.05) is 45.7 Å². The van der Waals surface area contributed by atoms with Crippen LogP contribution in [0.4, 0.5) is 4.39 Å². The summed E-state index contributed by atoms with van der Waals surface area (Å²) in [5, 5.41) is 13.3. The molecule has 0 amide bonds. The van der Waals surface area contributed by atoms with Crippen molar-refractivity contribution in [1.29, 1.82) is 0 Å². The lowest BCUT2D eigenvalue weighted by molar-refractivity contribution is 0.174. The number of rotatable bonds is 5. The first kappa shape index (κ1) is 15.4. The van der Waals surface area contributed by atoms with Gasteiger partial charge in [0.2, 0.25) is 0 Å². The lowest BCUT2D eigenvalue weighted by Crippen LogP contribution is -2.21. The van der Waals surface area contributed by atoms with Crippen molar-refractivity contribution in [2.24, 2.45) is 0 Å². The van der Waals surface area contributed by atoms with Crippen molar-refractivity contribution in [3.8, 4) is 0 Å². The maximum atomic E-state index is 13.0. The van der Waals surface area contributed by atoms with Gasteiger partial charge in [-0.25, -0.2) is 4.39 Å². The molecular formula is C15H14BrClFNO. The van der Waals surface area contributed by atoms with Crippen molar-refractivity contribution in [3.63, 3.8) is 0 Å². The number of hydrogen-bond acceptors (Lipinski definition) is 2. The summed E-state index contributed by atoms with van der Waals surface area (Å²) in [5.74, 6) is -0.426. The summed E-state index contributed by atoms with van der Waals surface area (Å²) < 4.78 is 13.9. The fraction of sp³-hybridized carbons (Fsp3) is 0.200. The molecule has 2 N–H and O–H groups in total. The highest BCUT2D eigenvalue weighted by molar-refractivity contribution is 9.10. The highest BCUT2D eigenvalue weighted by Gasteiger charge is 2.07. The van der Waals surface area contributed by atoms with Gasteiger partial charge in [-0.2, -0.15) is 0 Å². The highest BCUT2D eigenvalue weighted by atomic mass is 79.9. The zero-order valence-corrected chi connectivity index (χ0v) is 13.0. The highest BCUT2D eigenvalue weighted by Crippen LogP contribution is 2.18. The second-order valence-corrected chi connectivity index (χ2v) is 5.77. The van der Waals surface area contributed by atoms with Gasteiger partial charge < -0.3 is 10.4 Å². The van der Waals surface area contributed by atoms with Crippen molar-refractivity contribution < 1.29 is 9.50 Å². The summed E-state index contributed by atoms with van der Waals surface area (Å²) in [6, 6.07) is 12.1. The molecule has 2 aromatic rings. The van der Waals surface area contributed by atoms with Crippen molar-refractivity contribution >= 4 is 27.5 Å². The zero-order valence-electron chi connectivity index (χ0n) is 10.6. The second kappa shape index (κ2) is 7.18. The quantitative estimate of drug-likeness (QED) is 0.844. The van der Waals surface area contributed by atoms with E-state index < -0.39 is 11.9 Å². The summed E-state index contributed by atoms with van der Waals surface area (Å²) in [7, 11) is 0. The van der Waals surface area contributed by atoms with Gasteiger partial charge in [0.15, 0.2) is 0 Å². The minimum Gasteiger partial charge on any atom is -0.387 e. The first-order chi connectivity index (χ1) is 9.56. The average molecular weight is 359 g/mol. The molecule has 0 aliphatic heterocycles. The third-order valence-electron chi connectivity index (χ3n) is 2.88. The van der Waals surface area contributed by atoms with Gasteiger partial charge in [-0.3, -0.25) is 0 Å². The zero-order chi connectivity index (χ0) is 14.5. The van der Waals surface area contributed by atoms with E-state index >= 15 is 0 Å². The molecule has 5 heteroatoms. The Labute approximate surface area is 130 Å².